The molecule has 9 heteroatoms. The third-order valence-electron chi connectivity index (χ3n) is 4.59. The van der Waals surface area contributed by atoms with Crippen molar-refractivity contribution in [1.82, 2.24) is 5.32 Å². The zero-order chi connectivity index (χ0) is 25.0. The average molecular weight is 486 g/mol. The molecule has 33 heavy (non-hydrogen) atoms. The summed E-state index contributed by atoms with van der Waals surface area (Å²) >= 11 is 0. The van der Waals surface area contributed by atoms with Gasteiger partial charge in [-0.2, -0.15) is 0 Å². The fourth-order valence-electron chi connectivity index (χ4n) is 2.84. The van der Waals surface area contributed by atoms with E-state index in [4.69, 9.17) is 14.9 Å². The van der Waals surface area contributed by atoms with Crippen molar-refractivity contribution in [2.45, 2.75) is 90.2 Å². The van der Waals surface area contributed by atoms with Crippen molar-refractivity contribution in [2.75, 3.05) is 0 Å². The molecule has 0 saturated carbocycles. The normalized spacial score (nSPS) is 14.5. The third-order valence-corrected chi connectivity index (χ3v) is 5.19. The molecule has 0 aliphatic heterocycles. The lowest BCUT2D eigenvalue weighted by Gasteiger charge is -2.21. The van der Waals surface area contributed by atoms with Gasteiger partial charge in [-0.15, -0.1) is 0 Å². The first-order valence-electron chi connectivity index (χ1n) is 11.5. The molecule has 8 nitrogen and oxygen atoms in total. The van der Waals surface area contributed by atoms with Crippen molar-refractivity contribution in [3.63, 3.8) is 0 Å². The highest BCUT2D eigenvalue weighted by Gasteiger charge is 2.32. The number of aliphatic carboxylic acids is 1. The van der Waals surface area contributed by atoms with Gasteiger partial charge in [-0.05, 0) is 51.9 Å². The second-order valence-electron chi connectivity index (χ2n) is 7.67. The van der Waals surface area contributed by atoms with Gasteiger partial charge in [0.05, 0.1) is 6.10 Å². The van der Waals surface area contributed by atoms with Crippen LogP contribution in [-0.4, -0.2) is 38.9 Å². The van der Waals surface area contributed by atoms with Crippen molar-refractivity contribution < 1.29 is 33.6 Å². The maximum absolute atomic E-state index is 11.9. The molecule has 1 amide bonds. The number of nitrogens with one attached hydrogen (secondary N) is 1. The Morgan fingerprint density at radius 1 is 0.879 bits per heavy atom. The van der Waals surface area contributed by atoms with Crippen LogP contribution in [-0.2, 0) is 18.7 Å². The molecular formula is C24H40NO7P. The minimum Gasteiger partial charge on any atom is -0.480 e. The Labute approximate surface area is 197 Å². The van der Waals surface area contributed by atoms with Crippen molar-refractivity contribution in [2.24, 2.45) is 0 Å². The van der Waals surface area contributed by atoms with Gasteiger partial charge in [0.15, 0.2) is 6.04 Å². The van der Waals surface area contributed by atoms with Crippen LogP contribution in [0.4, 0.5) is 0 Å². The van der Waals surface area contributed by atoms with Crippen LogP contribution in [0.25, 0.3) is 0 Å². The predicted molar refractivity (Wildman–Crippen MR) is 131 cm³/mol. The summed E-state index contributed by atoms with van der Waals surface area (Å²) in [5.41, 5.74) is 0. The molecular weight excluding hydrogens is 445 g/mol. The van der Waals surface area contributed by atoms with Crippen molar-refractivity contribution in [1.29, 1.82) is 0 Å². The predicted octanol–water partition coefficient (Wildman–Crippen LogP) is 5.20. The molecule has 0 heterocycles. The van der Waals surface area contributed by atoms with E-state index in [1.807, 2.05) is 12.2 Å². The van der Waals surface area contributed by atoms with E-state index in [9.17, 15) is 14.2 Å². The van der Waals surface area contributed by atoms with Gasteiger partial charge in [-0.25, -0.2) is 9.36 Å². The summed E-state index contributed by atoms with van der Waals surface area (Å²) in [5, 5.41) is 11.4. The summed E-state index contributed by atoms with van der Waals surface area (Å²) < 4.78 is 15.2. The molecule has 0 saturated heterocycles. The Bertz CT molecular complexity index is 710. The number of hydrogen-bond donors (Lipinski definition) is 4. The molecule has 0 rings (SSSR count). The standard InChI is InChI=1S/C24H40NO7P/c1-3-4-5-6-7-8-9-10-11-12-13-14-15-16-17-18-19-20-22(26)25-23(24(27)28)21(2)32-33(29,30)31/h7-8,10-11,13-14,16-17,21,23H,3-6,9,12,15,18-20H2,1-2H3,(H,25,26)(H,27,28)(H2,29,30,31)/b8-7+,11-10+,14-13+,17-16+/t21?,23-/m0/s1. The van der Waals surface area contributed by atoms with Gasteiger partial charge in [0.25, 0.3) is 0 Å². The zero-order valence-electron chi connectivity index (χ0n) is 19.8. The molecule has 0 fully saturated rings. The number of carboxylic acids is 1. The Kier molecular flexibility index (Phi) is 18.3. The van der Waals surface area contributed by atoms with Crippen LogP contribution in [0.15, 0.2) is 48.6 Å². The quantitative estimate of drug-likeness (QED) is 0.112. The Morgan fingerprint density at radius 2 is 1.36 bits per heavy atom. The first-order chi connectivity index (χ1) is 15.7. The summed E-state index contributed by atoms with van der Waals surface area (Å²) in [7, 11) is -4.85. The van der Waals surface area contributed by atoms with Crippen molar-refractivity contribution >= 4 is 19.7 Å². The van der Waals surface area contributed by atoms with Crippen LogP contribution in [0.3, 0.4) is 0 Å². The molecule has 0 aliphatic rings. The molecule has 2 atom stereocenters. The van der Waals surface area contributed by atoms with Crippen LogP contribution in [0, 0.1) is 0 Å². The van der Waals surface area contributed by atoms with Gasteiger partial charge >= 0.3 is 13.8 Å². The molecule has 1 unspecified atom stereocenters. The molecule has 0 aromatic heterocycles. The third kappa shape index (κ3) is 20.4. The van der Waals surface area contributed by atoms with E-state index < -0.39 is 31.8 Å². The maximum atomic E-state index is 11.9. The summed E-state index contributed by atoms with van der Waals surface area (Å²) in [5.74, 6) is -1.94. The molecule has 188 valence electrons. The Hall–Kier alpha value is -1.99. The highest BCUT2D eigenvalue weighted by atomic mass is 31.2. The van der Waals surface area contributed by atoms with Crippen LogP contribution < -0.4 is 5.32 Å². The van der Waals surface area contributed by atoms with E-state index in [1.165, 1.54) is 26.2 Å². The fourth-order valence-corrected chi connectivity index (χ4v) is 3.40. The first kappa shape index (κ1) is 31.0. The minimum atomic E-state index is -4.85. The molecule has 0 aliphatic carbocycles. The van der Waals surface area contributed by atoms with Crippen molar-refractivity contribution in [3.05, 3.63) is 48.6 Å². The molecule has 0 aromatic rings. The SMILES string of the molecule is CCCCC/C=C/C/C=C/C/C=C/C/C=C/CCCC(=O)N[C@H](C(=O)O)C(C)OP(=O)(O)O. The van der Waals surface area contributed by atoms with E-state index in [1.54, 1.807) is 0 Å². The largest absolute Gasteiger partial charge is 0.480 e. The summed E-state index contributed by atoms with van der Waals surface area (Å²) in [6, 6.07) is -1.54. The van der Waals surface area contributed by atoms with Gasteiger partial charge in [0, 0.05) is 6.42 Å². The summed E-state index contributed by atoms with van der Waals surface area (Å²) in [6.07, 6.45) is 24.5. The van der Waals surface area contributed by atoms with Gasteiger partial charge in [0.1, 0.15) is 0 Å². The number of carbonyl (C=O) groups excluding carboxylic acids is 1. The highest BCUT2D eigenvalue weighted by molar-refractivity contribution is 7.46. The molecule has 0 bridgehead atoms. The number of amides is 1. The lowest BCUT2D eigenvalue weighted by Crippen LogP contribution is -2.48. The smallest absolute Gasteiger partial charge is 0.469 e. The number of unbranched alkanes of at least 4 members (excludes halogenated alkanes) is 4. The first-order valence-corrected chi connectivity index (χ1v) is 13.1. The van der Waals surface area contributed by atoms with Crippen LogP contribution in [0.2, 0.25) is 0 Å². The maximum Gasteiger partial charge on any atom is 0.469 e. The molecule has 4 N–H and O–H groups in total. The minimum absolute atomic E-state index is 0.102. The molecule has 0 aromatic carbocycles. The van der Waals surface area contributed by atoms with E-state index >= 15 is 0 Å². The van der Waals surface area contributed by atoms with Gasteiger partial charge in [-0.3, -0.25) is 9.32 Å². The molecule has 0 radical (unpaired) electrons. The van der Waals surface area contributed by atoms with Crippen molar-refractivity contribution in [3.8, 4) is 0 Å². The number of carbonyl (C=O) groups is 2. The van der Waals surface area contributed by atoms with E-state index in [0.717, 1.165) is 25.7 Å². The van der Waals surface area contributed by atoms with Crippen LogP contribution in [0.1, 0.15) is 78.1 Å². The average Bonchev–Trinajstić information content (AvgIpc) is 2.72. The number of rotatable bonds is 19. The fraction of sp³-hybridized carbons (Fsp3) is 0.583. The summed E-state index contributed by atoms with van der Waals surface area (Å²) in [6.45, 7) is 3.38. The number of phosphoric ester groups is 1. The lowest BCUT2D eigenvalue weighted by molar-refractivity contribution is -0.144. The second kappa shape index (κ2) is 19.5. The number of carboxylic acid groups (broad SMARTS) is 1. The van der Waals surface area contributed by atoms with E-state index in [0.29, 0.717) is 12.8 Å². The van der Waals surface area contributed by atoms with Crippen LogP contribution in [0.5, 0.6) is 0 Å². The van der Waals surface area contributed by atoms with Crippen LogP contribution >= 0.6 is 7.82 Å². The zero-order valence-corrected chi connectivity index (χ0v) is 20.7. The molecule has 0 spiro atoms. The van der Waals surface area contributed by atoms with Gasteiger partial charge in [0.2, 0.25) is 5.91 Å². The summed E-state index contributed by atoms with van der Waals surface area (Å²) in [4.78, 5) is 40.7. The topological polar surface area (TPSA) is 133 Å². The highest BCUT2D eigenvalue weighted by Crippen LogP contribution is 2.38. The second-order valence-corrected chi connectivity index (χ2v) is 8.86. The Balaban J connectivity index is 3.95. The number of phosphoric acid groups is 1. The Morgan fingerprint density at radius 3 is 1.82 bits per heavy atom. The number of hydrogen-bond acceptors (Lipinski definition) is 4. The lowest BCUT2D eigenvalue weighted by atomic mass is 10.1. The van der Waals surface area contributed by atoms with E-state index in [-0.39, 0.29) is 6.42 Å². The van der Waals surface area contributed by atoms with E-state index in [2.05, 4.69) is 53.2 Å². The monoisotopic (exact) mass is 485 g/mol. The van der Waals surface area contributed by atoms with Gasteiger partial charge in [-0.1, -0.05) is 68.4 Å². The number of allylic oxidation sites excluding steroid dienone is 8. The van der Waals surface area contributed by atoms with Gasteiger partial charge < -0.3 is 20.2 Å².